The Bertz CT molecular complexity index is 4100. The van der Waals surface area contributed by atoms with E-state index in [4.69, 9.17) is 8.06 Å². The summed E-state index contributed by atoms with van der Waals surface area (Å²) in [6, 6.07) is 7.91. The Labute approximate surface area is 642 Å². The van der Waals surface area contributed by atoms with Crippen LogP contribution < -0.4 is 37.8 Å². The molecular weight excluding hydrogens is 1700 g/mol. The Morgan fingerprint density at radius 3 is 1.14 bits per heavy atom. The van der Waals surface area contributed by atoms with E-state index in [2.05, 4.69) is 4.74 Å². The van der Waals surface area contributed by atoms with Gasteiger partial charge in [0.1, 0.15) is 5.76 Å². The SMILES string of the molecule is CCc1cc(C)cc(CC)[c]1[Pb]([O]C(C)=O)([O]C(C)=O)[O]C(C)=O.CCc1cc(C)cc(CC)c1C1=C(O)CC(CCSc2c(F)c(F)c(F)c(F)c2F)CC1=O.COC(=O)C1C([O-])=CC(=O)CC1CCSc1c(F)c(F)c(F)c(F)c1F.O=C1C=C(O)CC(CCSc2c(F)c(F)c(F)c(F)c2F)C1.[Na+]. The molecule has 0 saturated heterocycles. The second-order valence-electron chi connectivity index (χ2n) is 24.1. The molecule has 0 fully saturated rings. The number of ketones is 3. The summed E-state index contributed by atoms with van der Waals surface area (Å²) in [6.45, 7) is 15.5. The zero-order valence-corrected chi connectivity index (χ0v) is 67.4. The summed E-state index contributed by atoms with van der Waals surface area (Å²) in [4.78, 5) is 79.7. The summed E-state index contributed by atoms with van der Waals surface area (Å²) >= 11 is -3.82. The average Bonchev–Trinajstić information content (AvgIpc) is 0.768. The van der Waals surface area contributed by atoms with Crippen LogP contribution in [0, 0.1) is 125 Å². The Morgan fingerprint density at radius 2 is 0.811 bits per heavy atom. The van der Waals surface area contributed by atoms with E-state index in [9.17, 15) is 115 Å². The first-order valence-electron chi connectivity index (χ1n) is 32.4. The Hall–Kier alpha value is -6.47. The van der Waals surface area contributed by atoms with E-state index in [-0.39, 0.29) is 127 Å². The number of carbonyl (C=O) groups excluding carboxylic acids is 7. The Morgan fingerprint density at radius 1 is 0.481 bits per heavy atom. The van der Waals surface area contributed by atoms with E-state index in [0.717, 1.165) is 58.2 Å². The molecule has 0 spiro atoms. The van der Waals surface area contributed by atoms with Crippen molar-refractivity contribution in [2.45, 2.75) is 154 Å². The predicted octanol–water partition coefficient (Wildman–Crippen LogP) is 13.0. The van der Waals surface area contributed by atoms with E-state index in [1.54, 1.807) is 0 Å². The summed E-state index contributed by atoms with van der Waals surface area (Å²) in [6.07, 6.45) is 5.72. The van der Waals surface area contributed by atoms with Gasteiger partial charge in [0, 0.05) is 38.2 Å². The van der Waals surface area contributed by atoms with Crippen molar-refractivity contribution in [1.82, 2.24) is 0 Å². The molecule has 3 aliphatic rings. The number of hydrogen-bond acceptors (Lipinski definition) is 17. The monoisotopic (exact) mass is 1770 g/mol. The van der Waals surface area contributed by atoms with Gasteiger partial charge in [0.2, 0.25) is 17.5 Å². The van der Waals surface area contributed by atoms with E-state index in [1.165, 1.54) is 20.8 Å². The van der Waals surface area contributed by atoms with Crippen LogP contribution in [0.4, 0.5) is 65.9 Å². The third kappa shape index (κ3) is 23.1. The molecule has 0 aromatic heterocycles. The number of benzene rings is 5. The topological polar surface area (TPSA) is 220 Å². The molecule has 0 radical (unpaired) electrons. The van der Waals surface area contributed by atoms with Crippen molar-refractivity contribution in [3.05, 3.63) is 180 Å². The molecule has 5 aromatic carbocycles. The van der Waals surface area contributed by atoms with Crippen LogP contribution in [-0.4, -0.2) is 98.3 Å². The number of esters is 1. The second-order valence-corrected chi connectivity index (χ2v) is 36.1. The molecule has 0 aliphatic heterocycles. The minimum Gasteiger partial charge on any atom is -0.875 e. The molecule has 2 N–H and O–H groups in total. The fraction of sp³-hybridized carbons (Fsp3) is 0.403. The number of ether oxygens (including phenoxy) is 1. The van der Waals surface area contributed by atoms with Crippen LogP contribution in [0.1, 0.15) is 139 Å². The maximum Gasteiger partial charge on any atom is 1.00 e. The molecule has 572 valence electrons. The van der Waals surface area contributed by atoms with Gasteiger partial charge in [0.15, 0.2) is 87.2 Å². The zero-order chi connectivity index (χ0) is 79.0. The normalized spacial score (nSPS) is 16.4. The number of rotatable bonds is 22. The maximum absolute atomic E-state index is 13.9. The number of aliphatic hydroxyl groups excluding tert-OH is 2. The van der Waals surface area contributed by atoms with Crippen LogP contribution in [0.15, 0.2) is 68.4 Å². The van der Waals surface area contributed by atoms with Crippen molar-refractivity contribution in [2.24, 2.45) is 23.7 Å². The summed E-state index contributed by atoms with van der Waals surface area (Å²) in [5.74, 6) is -37.2. The van der Waals surface area contributed by atoms with Crippen molar-refractivity contribution >= 4 is 108 Å². The fourth-order valence-electron chi connectivity index (χ4n) is 11.8. The number of aliphatic hydroxyl groups is 2. The summed E-state index contributed by atoms with van der Waals surface area (Å²) in [5, 5.41) is 31.9. The number of carbonyl (C=O) groups is 7. The van der Waals surface area contributed by atoms with Gasteiger partial charge < -0.3 is 20.1 Å². The molecule has 4 unspecified atom stereocenters. The largest absolute Gasteiger partial charge is 1.00 e. The number of allylic oxidation sites excluding steroid dienone is 5. The van der Waals surface area contributed by atoms with Gasteiger partial charge in [-0.2, -0.15) is 0 Å². The fourth-order valence-corrected chi connectivity index (χ4v) is 26.2. The third-order valence-corrected chi connectivity index (χ3v) is 31.1. The third-order valence-electron chi connectivity index (χ3n) is 16.4. The van der Waals surface area contributed by atoms with Crippen LogP contribution in [-0.2, 0) is 72.0 Å². The quantitative estimate of drug-likeness (QED) is 0.0164. The van der Waals surface area contributed by atoms with Gasteiger partial charge in [-0.15, -0.1) is 41.0 Å². The van der Waals surface area contributed by atoms with E-state index in [0.29, 0.717) is 76.1 Å². The van der Waals surface area contributed by atoms with Gasteiger partial charge in [0.25, 0.3) is 0 Å². The first-order valence-corrected chi connectivity index (χ1v) is 42.0. The van der Waals surface area contributed by atoms with E-state index in [1.807, 2.05) is 65.8 Å². The number of thioether (sulfide) groups is 3. The van der Waals surface area contributed by atoms with E-state index < -0.39 is 172 Å². The molecular formula is C72H72F15NaO14PbS3. The van der Waals surface area contributed by atoms with Crippen molar-refractivity contribution in [3.8, 4) is 0 Å². The molecule has 106 heavy (non-hydrogen) atoms. The van der Waals surface area contributed by atoms with Gasteiger partial charge >= 0.3 is 185 Å². The van der Waals surface area contributed by atoms with Crippen molar-refractivity contribution in [2.75, 3.05) is 24.4 Å². The van der Waals surface area contributed by atoms with Crippen LogP contribution >= 0.6 is 35.3 Å². The molecule has 34 heteroatoms. The first-order chi connectivity index (χ1) is 49.2. The second kappa shape index (κ2) is 41.4. The van der Waals surface area contributed by atoms with Crippen LogP contribution in [0.25, 0.3) is 5.57 Å². The van der Waals surface area contributed by atoms with Crippen molar-refractivity contribution in [3.63, 3.8) is 0 Å². The molecule has 0 saturated carbocycles. The predicted molar refractivity (Wildman–Crippen MR) is 358 cm³/mol. The zero-order valence-electron chi connectivity index (χ0n) is 59.1. The molecule has 0 heterocycles. The van der Waals surface area contributed by atoms with Gasteiger partial charge in [-0.3, -0.25) is 19.2 Å². The van der Waals surface area contributed by atoms with Crippen LogP contribution in [0.2, 0.25) is 0 Å². The maximum atomic E-state index is 13.9. The minimum absolute atomic E-state index is 0. The Kier molecular flexibility index (Phi) is 35.9. The molecule has 0 bridgehead atoms. The van der Waals surface area contributed by atoms with Crippen LogP contribution in [0.3, 0.4) is 0 Å². The molecule has 8 rings (SSSR count). The van der Waals surface area contributed by atoms with Gasteiger partial charge in [0.05, 0.1) is 39.0 Å². The standard InChI is InChI=1S/C25H25F5O2S.C16H13F5O4S.C14H11F5O2S.C11H15.3C2H4O2.Na.Pb/c1-4-14-8-12(3)9-15(5-2)18(14)19-16(31)10-13(11-17(19)32)6-7-33-25-23(29)21(27)20(26)22(28)24(25)30;1-25-16(24)9-6(4-7(22)5-8(9)23)2-3-26-15-13(20)11(18)10(17)12(19)14(15)21;15-9-10(16)12(18)14(13(19)11(9)17)22-2-1-6-3-7(20)5-8(21)4-6;1-4-10-6-9(3)7-11(5-2)8-10;3*1-2(3)4;;/h8-9,13,31H,4-7,10-11H2,1-3H3;5-6,9,23H,2-4H2,1H3;5-6,20H,1-4H2;6-7H,4-5H2,1-3H3;3*1H3,(H,3,4);;/q;;;;;;;+1;+3/p-4. The van der Waals surface area contributed by atoms with Crippen LogP contribution in [0.5, 0.6) is 0 Å². The summed E-state index contributed by atoms with van der Waals surface area (Å²) < 4.78 is 222. The number of hydrogen-bond donors (Lipinski definition) is 2. The molecule has 0 amide bonds. The number of aryl methyl sites for hydroxylation is 6. The average molecular weight is 1770 g/mol. The van der Waals surface area contributed by atoms with Crippen molar-refractivity contribution in [1.29, 1.82) is 0 Å². The molecule has 14 nitrogen and oxygen atoms in total. The molecule has 4 atom stereocenters. The number of Topliss-reactive ketones (excluding diaryl/α,β-unsaturated/α-hetero) is 1. The molecule has 5 aromatic rings. The first kappa shape index (κ1) is 91.9. The van der Waals surface area contributed by atoms with Gasteiger partial charge in [-0.05, 0) is 96.8 Å². The van der Waals surface area contributed by atoms with E-state index >= 15 is 0 Å². The van der Waals surface area contributed by atoms with Crippen molar-refractivity contribution < 1.29 is 157 Å². The Balaban J connectivity index is 0.000000302. The molecule has 3 aliphatic carbocycles. The number of halogens is 15. The van der Waals surface area contributed by atoms with Gasteiger partial charge in [-0.25, -0.2) is 65.9 Å². The summed E-state index contributed by atoms with van der Waals surface area (Å²) in [7, 11) is 1.06. The van der Waals surface area contributed by atoms with Gasteiger partial charge in [-0.1, -0.05) is 31.5 Å². The smallest absolute Gasteiger partial charge is 0.875 e. The minimum atomic E-state index is -5.17. The summed E-state index contributed by atoms with van der Waals surface area (Å²) in [5.41, 5.74) is 6.95. The number of methoxy groups -OCH3 is 1.